The summed E-state index contributed by atoms with van der Waals surface area (Å²) in [6, 6.07) is 16.8. The van der Waals surface area contributed by atoms with Crippen molar-refractivity contribution in [2.24, 2.45) is 0 Å². The minimum Gasteiger partial charge on any atom is -0.481 e. The number of carboxylic acid groups (broad SMARTS) is 1. The van der Waals surface area contributed by atoms with Crippen molar-refractivity contribution in [3.05, 3.63) is 59.7 Å². The summed E-state index contributed by atoms with van der Waals surface area (Å²) in [4.78, 5) is 10.9. The van der Waals surface area contributed by atoms with E-state index in [9.17, 15) is 4.79 Å². The molecule has 0 saturated heterocycles. The summed E-state index contributed by atoms with van der Waals surface area (Å²) in [6.07, 6.45) is 0.159. The van der Waals surface area contributed by atoms with Gasteiger partial charge in [-0.05, 0) is 33.6 Å². The molecule has 1 atom stereocenters. The molecule has 116 valence electrons. The van der Waals surface area contributed by atoms with Gasteiger partial charge in [-0.3, -0.25) is 4.79 Å². The zero-order valence-electron chi connectivity index (χ0n) is 13.8. The lowest BCUT2D eigenvalue weighted by atomic mass is 9.86. The fourth-order valence-electron chi connectivity index (χ4n) is 2.57. The number of hydrogen-bond acceptors (Lipinski definition) is 1. The molecule has 1 unspecified atom stereocenters. The fraction of sp³-hybridized carbons (Fsp3) is 0.350. The number of hydrogen-bond donors (Lipinski definition) is 1. The molecule has 2 aromatic carbocycles. The van der Waals surface area contributed by atoms with Crippen molar-refractivity contribution >= 4 is 5.97 Å². The van der Waals surface area contributed by atoms with Crippen LogP contribution in [0, 0.1) is 0 Å². The molecule has 2 nitrogen and oxygen atoms in total. The van der Waals surface area contributed by atoms with Gasteiger partial charge in [0.15, 0.2) is 0 Å². The number of aliphatic carboxylic acids is 1. The number of carboxylic acids is 1. The third kappa shape index (κ3) is 3.97. The third-order valence-electron chi connectivity index (χ3n) is 4.02. The molecule has 0 aromatic heterocycles. The molecule has 0 spiro atoms. The second kappa shape index (κ2) is 6.35. The molecule has 0 radical (unpaired) electrons. The van der Waals surface area contributed by atoms with E-state index < -0.39 is 5.97 Å². The minimum atomic E-state index is -0.757. The van der Waals surface area contributed by atoms with Crippen LogP contribution in [-0.4, -0.2) is 11.1 Å². The summed E-state index contributed by atoms with van der Waals surface area (Å²) in [5.41, 5.74) is 4.83. The highest BCUT2D eigenvalue weighted by Gasteiger charge is 2.14. The predicted octanol–water partition coefficient (Wildman–Crippen LogP) is 5.23. The molecule has 0 saturated carbocycles. The first-order valence-corrected chi connectivity index (χ1v) is 7.70. The van der Waals surface area contributed by atoms with Crippen LogP contribution in [0.1, 0.15) is 51.2 Å². The van der Waals surface area contributed by atoms with Gasteiger partial charge in [0.25, 0.3) is 0 Å². The van der Waals surface area contributed by atoms with E-state index >= 15 is 0 Å². The zero-order valence-corrected chi connectivity index (χ0v) is 13.8. The first-order chi connectivity index (χ1) is 10.3. The first-order valence-electron chi connectivity index (χ1n) is 7.70. The molecular formula is C20H24O2. The van der Waals surface area contributed by atoms with Crippen LogP contribution < -0.4 is 0 Å². The molecule has 2 aromatic rings. The Morgan fingerprint density at radius 2 is 1.68 bits per heavy atom. The van der Waals surface area contributed by atoms with Crippen LogP contribution in [0.25, 0.3) is 11.1 Å². The van der Waals surface area contributed by atoms with Crippen molar-refractivity contribution in [3.8, 4) is 11.1 Å². The van der Waals surface area contributed by atoms with Gasteiger partial charge >= 0.3 is 5.97 Å². The van der Waals surface area contributed by atoms with Gasteiger partial charge in [0, 0.05) is 0 Å². The lowest BCUT2D eigenvalue weighted by molar-refractivity contribution is -0.137. The van der Waals surface area contributed by atoms with E-state index in [1.54, 1.807) is 0 Å². The monoisotopic (exact) mass is 296 g/mol. The van der Waals surface area contributed by atoms with Crippen LogP contribution in [-0.2, 0) is 10.2 Å². The molecule has 2 heteroatoms. The van der Waals surface area contributed by atoms with Gasteiger partial charge in [0.2, 0.25) is 0 Å². The van der Waals surface area contributed by atoms with Crippen molar-refractivity contribution in [2.45, 2.75) is 45.4 Å². The summed E-state index contributed by atoms with van der Waals surface area (Å²) < 4.78 is 0. The van der Waals surface area contributed by atoms with Gasteiger partial charge in [-0.15, -0.1) is 0 Å². The topological polar surface area (TPSA) is 37.3 Å². The van der Waals surface area contributed by atoms with E-state index in [2.05, 4.69) is 57.2 Å². The SMILES string of the molecule is CC(CC(=O)O)c1cccc(-c2ccc(C(C)(C)C)cc2)c1. The van der Waals surface area contributed by atoms with E-state index in [1.165, 1.54) is 5.56 Å². The normalized spacial score (nSPS) is 12.9. The highest BCUT2D eigenvalue weighted by Crippen LogP contribution is 2.28. The summed E-state index contributed by atoms with van der Waals surface area (Å²) >= 11 is 0. The maximum Gasteiger partial charge on any atom is 0.303 e. The Balaban J connectivity index is 2.28. The summed E-state index contributed by atoms with van der Waals surface area (Å²) in [5, 5.41) is 8.94. The molecule has 0 aliphatic rings. The molecule has 1 N–H and O–H groups in total. The van der Waals surface area contributed by atoms with Crippen molar-refractivity contribution in [3.63, 3.8) is 0 Å². The molecule has 0 aliphatic heterocycles. The Kier molecular flexibility index (Phi) is 4.70. The van der Waals surface area contributed by atoms with E-state index in [0.29, 0.717) is 0 Å². The van der Waals surface area contributed by atoms with Crippen LogP contribution in [0.15, 0.2) is 48.5 Å². The molecule has 0 fully saturated rings. The Morgan fingerprint density at radius 3 is 2.23 bits per heavy atom. The van der Waals surface area contributed by atoms with Crippen molar-refractivity contribution in [2.75, 3.05) is 0 Å². The fourth-order valence-corrected chi connectivity index (χ4v) is 2.57. The molecular weight excluding hydrogens is 272 g/mol. The third-order valence-corrected chi connectivity index (χ3v) is 4.02. The maximum atomic E-state index is 10.9. The summed E-state index contributed by atoms with van der Waals surface area (Å²) in [7, 11) is 0. The molecule has 0 amide bonds. The minimum absolute atomic E-state index is 0.0197. The van der Waals surface area contributed by atoms with E-state index in [4.69, 9.17) is 5.11 Å². The standard InChI is InChI=1S/C20H24O2/c1-14(12-19(21)22)16-6-5-7-17(13-16)15-8-10-18(11-9-15)20(2,3)4/h5-11,13-14H,12H2,1-4H3,(H,21,22). The van der Waals surface area contributed by atoms with Crippen LogP contribution in [0.4, 0.5) is 0 Å². The Bertz CT molecular complexity index is 648. The van der Waals surface area contributed by atoms with Crippen LogP contribution in [0.5, 0.6) is 0 Å². The van der Waals surface area contributed by atoms with E-state index in [-0.39, 0.29) is 17.8 Å². The van der Waals surface area contributed by atoms with Gasteiger partial charge in [-0.25, -0.2) is 0 Å². The van der Waals surface area contributed by atoms with Gasteiger partial charge in [-0.2, -0.15) is 0 Å². The molecule has 0 heterocycles. The largest absolute Gasteiger partial charge is 0.481 e. The molecule has 0 bridgehead atoms. The van der Waals surface area contributed by atoms with E-state index in [1.807, 2.05) is 19.1 Å². The Labute approximate surface area is 132 Å². The second-order valence-corrected chi connectivity index (χ2v) is 6.95. The van der Waals surface area contributed by atoms with Crippen LogP contribution in [0.2, 0.25) is 0 Å². The highest BCUT2D eigenvalue weighted by molar-refractivity contribution is 5.69. The summed E-state index contributed by atoms with van der Waals surface area (Å²) in [6.45, 7) is 8.57. The van der Waals surface area contributed by atoms with Crippen molar-refractivity contribution in [1.82, 2.24) is 0 Å². The Hall–Kier alpha value is -2.09. The Morgan fingerprint density at radius 1 is 1.05 bits per heavy atom. The summed E-state index contributed by atoms with van der Waals surface area (Å²) in [5.74, 6) is -0.737. The van der Waals surface area contributed by atoms with Gasteiger partial charge in [0.05, 0.1) is 6.42 Å². The van der Waals surface area contributed by atoms with Crippen molar-refractivity contribution in [1.29, 1.82) is 0 Å². The molecule has 0 aliphatic carbocycles. The number of benzene rings is 2. The highest BCUT2D eigenvalue weighted by atomic mass is 16.4. The molecule has 2 rings (SSSR count). The van der Waals surface area contributed by atoms with Crippen LogP contribution in [0.3, 0.4) is 0 Å². The van der Waals surface area contributed by atoms with Crippen LogP contribution >= 0.6 is 0 Å². The average Bonchev–Trinajstić information content (AvgIpc) is 2.46. The van der Waals surface area contributed by atoms with Crippen molar-refractivity contribution < 1.29 is 9.90 Å². The lowest BCUT2D eigenvalue weighted by Gasteiger charge is -2.19. The maximum absolute atomic E-state index is 10.9. The van der Waals surface area contributed by atoms with Gasteiger partial charge in [-0.1, -0.05) is 76.2 Å². The van der Waals surface area contributed by atoms with Gasteiger partial charge in [0.1, 0.15) is 0 Å². The average molecular weight is 296 g/mol. The quantitative estimate of drug-likeness (QED) is 0.838. The van der Waals surface area contributed by atoms with Gasteiger partial charge < -0.3 is 5.11 Å². The second-order valence-electron chi connectivity index (χ2n) is 6.95. The first kappa shape index (κ1) is 16.3. The smallest absolute Gasteiger partial charge is 0.303 e. The van der Waals surface area contributed by atoms with E-state index in [0.717, 1.165) is 16.7 Å². The number of rotatable bonds is 4. The lowest BCUT2D eigenvalue weighted by Crippen LogP contribution is -2.10. The predicted molar refractivity (Wildman–Crippen MR) is 91.2 cm³/mol. The zero-order chi connectivity index (χ0) is 16.3. The number of carbonyl (C=O) groups is 1. The molecule has 22 heavy (non-hydrogen) atoms.